The molecule has 128 valence electrons. The number of benzene rings is 2. The van der Waals surface area contributed by atoms with Crippen LogP contribution in [0.4, 0.5) is 5.69 Å². The van der Waals surface area contributed by atoms with Gasteiger partial charge in [-0.1, -0.05) is 50.3 Å². The molecule has 0 saturated carbocycles. The molecule has 1 amide bonds. The Kier molecular flexibility index (Phi) is 7.90. The van der Waals surface area contributed by atoms with Gasteiger partial charge in [0.15, 0.2) is 0 Å². The lowest BCUT2D eigenvalue weighted by Crippen LogP contribution is -2.11. The van der Waals surface area contributed by atoms with E-state index in [-0.39, 0.29) is 5.91 Å². The number of unbranched alkanes of at least 4 members (excludes halogenated alkanes) is 4. The van der Waals surface area contributed by atoms with Gasteiger partial charge in [-0.15, -0.1) is 11.8 Å². The molecule has 0 heterocycles. The van der Waals surface area contributed by atoms with Gasteiger partial charge in [0.2, 0.25) is 0 Å². The molecule has 0 unspecified atom stereocenters. The van der Waals surface area contributed by atoms with Crippen molar-refractivity contribution in [3.8, 4) is 0 Å². The van der Waals surface area contributed by atoms with Gasteiger partial charge in [-0.05, 0) is 55.5 Å². The van der Waals surface area contributed by atoms with E-state index in [2.05, 4.69) is 24.4 Å². The largest absolute Gasteiger partial charge is 0.322 e. The van der Waals surface area contributed by atoms with Crippen molar-refractivity contribution in [1.29, 1.82) is 0 Å². The third kappa shape index (κ3) is 6.40. The molecule has 2 rings (SSSR count). The highest BCUT2D eigenvalue weighted by Crippen LogP contribution is 2.22. The summed E-state index contributed by atoms with van der Waals surface area (Å²) in [4.78, 5) is 13.5. The predicted octanol–water partition coefficient (Wildman–Crippen LogP) is 6.31. The van der Waals surface area contributed by atoms with Gasteiger partial charge < -0.3 is 5.32 Å². The average molecular weight is 342 g/mol. The molecule has 1 N–H and O–H groups in total. The first kappa shape index (κ1) is 18.6. The van der Waals surface area contributed by atoms with Crippen molar-refractivity contribution in [3.63, 3.8) is 0 Å². The number of anilines is 1. The molecule has 2 aromatic carbocycles. The summed E-state index contributed by atoms with van der Waals surface area (Å²) in [5.74, 6) is 1.11. The fraction of sp³-hybridized carbons (Fsp3) is 0.381. The molecule has 0 fully saturated rings. The molecule has 0 atom stereocenters. The minimum atomic E-state index is -0.0602. The van der Waals surface area contributed by atoms with E-state index in [0.717, 1.165) is 11.3 Å². The lowest BCUT2D eigenvalue weighted by Gasteiger charge is -2.07. The Morgan fingerprint density at radius 3 is 2.46 bits per heavy atom. The fourth-order valence-electron chi connectivity index (χ4n) is 2.52. The average Bonchev–Trinajstić information content (AvgIpc) is 2.59. The number of rotatable bonds is 9. The smallest absolute Gasteiger partial charge is 0.255 e. The summed E-state index contributed by atoms with van der Waals surface area (Å²) in [6.45, 7) is 4.24. The molecule has 0 aliphatic heterocycles. The number of thioether (sulfide) groups is 1. The number of amides is 1. The zero-order chi connectivity index (χ0) is 17.2. The molecule has 0 aromatic heterocycles. The van der Waals surface area contributed by atoms with E-state index in [0.29, 0.717) is 5.56 Å². The summed E-state index contributed by atoms with van der Waals surface area (Å²) >= 11 is 1.89. The van der Waals surface area contributed by atoms with Crippen LogP contribution in [0.1, 0.15) is 54.9 Å². The Morgan fingerprint density at radius 2 is 1.75 bits per heavy atom. The Bertz CT molecular complexity index is 637. The molecule has 2 nitrogen and oxygen atoms in total. The van der Waals surface area contributed by atoms with Gasteiger partial charge in [-0.3, -0.25) is 4.79 Å². The highest BCUT2D eigenvalue weighted by molar-refractivity contribution is 7.99. The monoisotopic (exact) mass is 341 g/mol. The van der Waals surface area contributed by atoms with Crippen LogP contribution in [0.5, 0.6) is 0 Å². The molecule has 0 aliphatic rings. The normalized spacial score (nSPS) is 10.6. The van der Waals surface area contributed by atoms with Crippen molar-refractivity contribution in [1.82, 2.24) is 0 Å². The number of aryl methyl sites for hydroxylation is 1. The third-order valence-corrected chi connectivity index (χ3v) is 5.01. The standard InChI is InChI=1S/C21H27NOS/c1-3-4-5-6-7-15-24-20-13-11-19(12-14-20)22-21(23)18-10-8-9-17(2)16-18/h8-14,16H,3-7,15H2,1-2H3,(H,22,23). The molecule has 3 heteroatoms. The van der Waals surface area contributed by atoms with E-state index in [1.807, 2.05) is 55.1 Å². The quantitative estimate of drug-likeness (QED) is 0.428. The van der Waals surface area contributed by atoms with E-state index in [4.69, 9.17) is 0 Å². The highest BCUT2D eigenvalue weighted by Gasteiger charge is 2.06. The van der Waals surface area contributed by atoms with E-state index in [1.165, 1.54) is 42.8 Å². The number of hydrogen-bond donors (Lipinski definition) is 1. The van der Waals surface area contributed by atoms with Crippen LogP contribution in [0.3, 0.4) is 0 Å². The van der Waals surface area contributed by atoms with Gasteiger partial charge >= 0.3 is 0 Å². The third-order valence-electron chi connectivity index (χ3n) is 3.91. The molecule has 0 saturated heterocycles. The van der Waals surface area contributed by atoms with Crippen LogP contribution in [0.25, 0.3) is 0 Å². The maximum atomic E-state index is 12.2. The number of hydrogen-bond acceptors (Lipinski definition) is 2. The maximum Gasteiger partial charge on any atom is 0.255 e. The van der Waals surface area contributed by atoms with Gasteiger partial charge in [0.25, 0.3) is 5.91 Å². The van der Waals surface area contributed by atoms with E-state index in [9.17, 15) is 4.79 Å². The lowest BCUT2D eigenvalue weighted by molar-refractivity contribution is 0.102. The zero-order valence-corrected chi connectivity index (χ0v) is 15.5. The molecule has 0 spiro atoms. The van der Waals surface area contributed by atoms with Crippen molar-refractivity contribution >= 4 is 23.4 Å². The van der Waals surface area contributed by atoms with Crippen LogP contribution in [-0.4, -0.2) is 11.7 Å². The maximum absolute atomic E-state index is 12.2. The molecule has 0 aliphatic carbocycles. The minimum Gasteiger partial charge on any atom is -0.322 e. The number of carbonyl (C=O) groups is 1. The van der Waals surface area contributed by atoms with Crippen LogP contribution >= 0.6 is 11.8 Å². The summed E-state index contributed by atoms with van der Waals surface area (Å²) in [5.41, 5.74) is 2.63. The number of nitrogens with one attached hydrogen (secondary N) is 1. The van der Waals surface area contributed by atoms with Gasteiger partial charge in [-0.25, -0.2) is 0 Å². The van der Waals surface area contributed by atoms with Crippen molar-refractivity contribution < 1.29 is 4.79 Å². The van der Waals surface area contributed by atoms with Crippen LogP contribution in [-0.2, 0) is 0 Å². The molecular formula is C21H27NOS. The van der Waals surface area contributed by atoms with Crippen LogP contribution in [0.2, 0.25) is 0 Å². The van der Waals surface area contributed by atoms with E-state index >= 15 is 0 Å². The second-order valence-electron chi connectivity index (χ2n) is 6.11. The molecular weight excluding hydrogens is 314 g/mol. The van der Waals surface area contributed by atoms with Crippen LogP contribution < -0.4 is 5.32 Å². The summed E-state index contributed by atoms with van der Waals surface area (Å²) in [7, 11) is 0. The summed E-state index contributed by atoms with van der Waals surface area (Å²) in [5, 5.41) is 2.95. The fourth-order valence-corrected chi connectivity index (χ4v) is 3.43. The predicted molar refractivity (Wildman–Crippen MR) is 105 cm³/mol. The van der Waals surface area contributed by atoms with Crippen molar-refractivity contribution in [2.24, 2.45) is 0 Å². The SMILES string of the molecule is CCCCCCCSc1ccc(NC(=O)c2cccc(C)c2)cc1. The second kappa shape index (κ2) is 10.2. The minimum absolute atomic E-state index is 0.0602. The van der Waals surface area contributed by atoms with Crippen LogP contribution in [0, 0.1) is 6.92 Å². The zero-order valence-electron chi connectivity index (χ0n) is 14.7. The topological polar surface area (TPSA) is 29.1 Å². The highest BCUT2D eigenvalue weighted by atomic mass is 32.2. The first-order valence-electron chi connectivity index (χ1n) is 8.80. The second-order valence-corrected chi connectivity index (χ2v) is 7.28. The van der Waals surface area contributed by atoms with Crippen LogP contribution in [0.15, 0.2) is 53.4 Å². The van der Waals surface area contributed by atoms with Crippen molar-refractivity contribution in [2.75, 3.05) is 11.1 Å². The first-order valence-corrected chi connectivity index (χ1v) is 9.78. The molecule has 24 heavy (non-hydrogen) atoms. The van der Waals surface area contributed by atoms with E-state index in [1.54, 1.807) is 0 Å². The van der Waals surface area contributed by atoms with Gasteiger partial charge in [0.05, 0.1) is 0 Å². The van der Waals surface area contributed by atoms with Crippen molar-refractivity contribution in [2.45, 2.75) is 50.8 Å². The molecule has 2 aromatic rings. The van der Waals surface area contributed by atoms with Gasteiger partial charge in [0.1, 0.15) is 0 Å². The first-order chi connectivity index (χ1) is 11.7. The van der Waals surface area contributed by atoms with Gasteiger partial charge in [-0.2, -0.15) is 0 Å². The Balaban J connectivity index is 1.78. The number of carbonyl (C=O) groups excluding carboxylic acids is 1. The van der Waals surface area contributed by atoms with Crippen molar-refractivity contribution in [3.05, 3.63) is 59.7 Å². The Labute approximate surface area is 150 Å². The Hall–Kier alpha value is -1.74. The van der Waals surface area contributed by atoms with E-state index < -0.39 is 0 Å². The summed E-state index contributed by atoms with van der Waals surface area (Å²) < 4.78 is 0. The van der Waals surface area contributed by atoms with Gasteiger partial charge in [0, 0.05) is 16.1 Å². The molecule has 0 radical (unpaired) electrons. The summed E-state index contributed by atoms with van der Waals surface area (Å²) in [6, 6.07) is 15.8. The lowest BCUT2D eigenvalue weighted by atomic mass is 10.1. The molecule has 0 bridgehead atoms. The Morgan fingerprint density at radius 1 is 1.00 bits per heavy atom. The summed E-state index contributed by atoms with van der Waals surface area (Å²) in [6.07, 6.45) is 6.59.